The molecule has 1 unspecified atom stereocenters. The van der Waals surface area contributed by atoms with Crippen LogP contribution >= 0.6 is 0 Å². The number of rotatable bonds is 0. The van der Waals surface area contributed by atoms with E-state index in [1.807, 2.05) is 0 Å². The van der Waals surface area contributed by atoms with Gasteiger partial charge in [-0.05, 0) is 0 Å². The molecule has 0 fully saturated rings. The Morgan fingerprint density at radius 2 is 2.67 bits per heavy atom. The van der Waals surface area contributed by atoms with Crippen molar-refractivity contribution < 1.29 is 4.31 Å². The van der Waals surface area contributed by atoms with Gasteiger partial charge in [-0.1, -0.05) is 0 Å². The second-order valence-electron chi connectivity index (χ2n) is 1.25. The monoisotopic (exact) mass is 102 g/mol. The summed E-state index contributed by atoms with van der Waals surface area (Å²) in [6.45, 7) is 1.91. The van der Waals surface area contributed by atoms with Crippen LogP contribution in [0.1, 0.15) is 0 Å². The molecule has 1 rings (SSSR count). The molecule has 6 heavy (non-hydrogen) atoms. The Kier molecular flexibility index (Phi) is 1.12. The summed E-state index contributed by atoms with van der Waals surface area (Å²) in [5.41, 5.74) is 0. The molecule has 3 heteroatoms. The van der Waals surface area contributed by atoms with Gasteiger partial charge in [0.25, 0.3) is 0 Å². The molecule has 0 saturated carbocycles. The highest BCUT2D eigenvalue weighted by molar-refractivity contribution is 7.51. The van der Waals surface area contributed by atoms with E-state index in [1.54, 1.807) is 6.34 Å². The van der Waals surface area contributed by atoms with Crippen LogP contribution in [-0.4, -0.2) is 19.4 Å². The first-order chi connectivity index (χ1) is 2.89. The summed E-state index contributed by atoms with van der Waals surface area (Å²) in [5, 5.41) is 0. The summed E-state index contributed by atoms with van der Waals surface area (Å²) < 4.78 is 0.995. The molecule has 2 nitrogen and oxygen atoms in total. The van der Waals surface area contributed by atoms with Gasteiger partial charge in [-0.25, -0.2) is 4.99 Å². The Morgan fingerprint density at radius 3 is 2.83 bits per heavy atom. The zero-order valence-electron chi connectivity index (χ0n) is 3.35. The average molecular weight is 102 g/mol. The molecule has 0 aromatic rings. The Morgan fingerprint density at radius 1 is 1.83 bits per heavy atom. The van der Waals surface area contributed by atoms with E-state index in [-0.39, 0.29) is 0 Å². The molecule has 0 amide bonds. The van der Waals surface area contributed by atoms with Crippen molar-refractivity contribution in [3.63, 3.8) is 0 Å². The molecule has 1 atom stereocenters. The third kappa shape index (κ3) is 0.725. The van der Waals surface area contributed by atoms with Gasteiger partial charge in [0.1, 0.15) is 0 Å². The zero-order valence-corrected chi connectivity index (χ0v) is 4.16. The van der Waals surface area contributed by atoms with Crippen molar-refractivity contribution in [3.05, 3.63) is 0 Å². The minimum atomic E-state index is 0.916. The lowest BCUT2D eigenvalue weighted by Crippen LogP contribution is -3.05. The Labute approximate surface area is 42.4 Å². The van der Waals surface area contributed by atoms with Crippen molar-refractivity contribution in [2.75, 3.05) is 13.1 Å². The standard InChI is InChI=1S/C3H6N2S/c6-5-2-1-4-3-5/h3,5H,1-2H2. The van der Waals surface area contributed by atoms with Crippen LogP contribution in [0.2, 0.25) is 0 Å². The molecule has 0 aromatic heterocycles. The Balaban J connectivity index is 2.38. The summed E-state index contributed by atoms with van der Waals surface area (Å²) >= 11 is 4.77. The van der Waals surface area contributed by atoms with Gasteiger partial charge in [-0.2, -0.15) is 0 Å². The Bertz CT molecular complexity index is 71.2. The van der Waals surface area contributed by atoms with E-state index < -0.39 is 0 Å². The minimum Gasteiger partial charge on any atom is -0.489 e. The molecule has 34 valence electrons. The van der Waals surface area contributed by atoms with E-state index in [2.05, 4.69) is 4.99 Å². The van der Waals surface area contributed by atoms with E-state index >= 15 is 0 Å². The molecule has 1 N–H and O–H groups in total. The summed E-state index contributed by atoms with van der Waals surface area (Å²) in [6, 6.07) is 0. The third-order valence-electron chi connectivity index (χ3n) is 0.723. The first-order valence-electron chi connectivity index (χ1n) is 1.92. The molecule has 0 radical (unpaired) electrons. The van der Waals surface area contributed by atoms with Crippen molar-refractivity contribution in [1.29, 1.82) is 0 Å². The zero-order chi connectivity index (χ0) is 4.41. The van der Waals surface area contributed by atoms with Crippen LogP contribution in [-0.2, 0) is 12.8 Å². The molecular weight excluding hydrogens is 96.1 g/mol. The maximum Gasteiger partial charge on any atom is 0.165 e. The minimum absolute atomic E-state index is 0.916. The lowest BCUT2D eigenvalue weighted by molar-refractivity contribution is -0.627. The van der Waals surface area contributed by atoms with Crippen molar-refractivity contribution >= 4 is 19.2 Å². The molecule has 0 aromatic carbocycles. The maximum absolute atomic E-state index is 4.77. The highest BCUT2D eigenvalue weighted by Gasteiger charge is 1.94. The van der Waals surface area contributed by atoms with Crippen molar-refractivity contribution in [3.8, 4) is 0 Å². The fourth-order valence-electron chi connectivity index (χ4n) is 0.406. The molecule has 1 heterocycles. The van der Waals surface area contributed by atoms with Gasteiger partial charge in [0.05, 0.1) is 13.1 Å². The van der Waals surface area contributed by atoms with Crippen molar-refractivity contribution in [1.82, 2.24) is 0 Å². The Hall–Kier alpha value is -0.0200. The first-order valence-corrected chi connectivity index (χ1v) is 2.33. The summed E-state index contributed by atoms with van der Waals surface area (Å²) in [4.78, 5) is 3.90. The average Bonchev–Trinajstić information content (AvgIpc) is 1.86. The van der Waals surface area contributed by atoms with Crippen LogP contribution < -0.4 is 4.31 Å². The molecule has 0 aliphatic carbocycles. The number of hydrogen-bond acceptors (Lipinski definition) is 2. The van der Waals surface area contributed by atoms with Gasteiger partial charge in [-0.15, -0.1) is 0 Å². The van der Waals surface area contributed by atoms with E-state index in [9.17, 15) is 0 Å². The third-order valence-corrected chi connectivity index (χ3v) is 1.03. The SMILES string of the molecule is [S-][NH+]1C=NCC1. The quantitative estimate of drug-likeness (QED) is 0.363. The van der Waals surface area contributed by atoms with Crippen LogP contribution in [0.15, 0.2) is 4.99 Å². The molecule has 0 saturated heterocycles. The topological polar surface area (TPSA) is 16.8 Å². The van der Waals surface area contributed by atoms with Crippen LogP contribution in [0.5, 0.6) is 0 Å². The largest absolute Gasteiger partial charge is 0.489 e. The van der Waals surface area contributed by atoms with Gasteiger partial charge < -0.3 is 17.1 Å². The van der Waals surface area contributed by atoms with E-state index in [1.165, 1.54) is 0 Å². The molecule has 0 bridgehead atoms. The summed E-state index contributed by atoms with van der Waals surface area (Å²) in [5.74, 6) is 0. The lowest BCUT2D eigenvalue weighted by atomic mass is 10.7. The number of quaternary nitrogens is 1. The normalized spacial score (nSPS) is 31.8. The highest BCUT2D eigenvalue weighted by Crippen LogP contribution is 1.62. The predicted molar refractivity (Wildman–Crippen MR) is 26.6 cm³/mol. The second kappa shape index (κ2) is 1.62. The second-order valence-corrected chi connectivity index (χ2v) is 1.78. The van der Waals surface area contributed by atoms with Gasteiger partial charge in [-0.3, -0.25) is 0 Å². The van der Waals surface area contributed by atoms with Crippen LogP contribution in [0.4, 0.5) is 0 Å². The lowest BCUT2D eigenvalue weighted by Gasteiger charge is -2.07. The molecular formula is C3H6N2S. The fourth-order valence-corrected chi connectivity index (χ4v) is 0.571. The predicted octanol–water partition coefficient (Wildman–Crippen LogP) is -1.62. The molecule has 1 aliphatic heterocycles. The summed E-state index contributed by atoms with van der Waals surface area (Å²) in [7, 11) is 0. The molecule has 1 aliphatic rings. The maximum atomic E-state index is 4.77. The van der Waals surface area contributed by atoms with E-state index in [0.29, 0.717) is 0 Å². The van der Waals surface area contributed by atoms with E-state index in [4.69, 9.17) is 12.8 Å². The van der Waals surface area contributed by atoms with Gasteiger partial charge in [0, 0.05) is 0 Å². The summed E-state index contributed by atoms with van der Waals surface area (Å²) in [6.07, 6.45) is 1.76. The number of nitrogens with one attached hydrogen (secondary N) is 1. The smallest absolute Gasteiger partial charge is 0.165 e. The highest BCUT2D eigenvalue weighted by atomic mass is 32.1. The van der Waals surface area contributed by atoms with Crippen LogP contribution in [0.3, 0.4) is 0 Å². The first kappa shape index (κ1) is 4.15. The van der Waals surface area contributed by atoms with Crippen molar-refractivity contribution in [2.45, 2.75) is 0 Å². The number of nitrogens with zero attached hydrogens (tertiary/aromatic N) is 1. The van der Waals surface area contributed by atoms with E-state index in [0.717, 1.165) is 17.4 Å². The van der Waals surface area contributed by atoms with Crippen LogP contribution in [0.25, 0.3) is 0 Å². The van der Waals surface area contributed by atoms with Gasteiger partial charge in [0.2, 0.25) is 0 Å². The number of aliphatic imine (C=N–C) groups is 1. The van der Waals surface area contributed by atoms with Crippen molar-refractivity contribution in [2.24, 2.45) is 4.99 Å². The molecule has 0 spiro atoms. The van der Waals surface area contributed by atoms with Gasteiger partial charge >= 0.3 is 0 Å². The van der Waals surface area contributed by atoms with Crippen LogP contribution in [0, 0.1) is 0 Å². The number of hydrogen-bond donors (Lipinski definition) is 1. The van der Waals surface area contributed by atoms with Gasteiger partial charge in [0.15, 0.2) is 6.34 Å². The fraction of sp³-hybridized carbons (Fsp3) is 0.667.